The second-order valence-electron chi connectivity index (χ2n) is 4.65. The van der Waals surface area contributed by atoms with Gasteiger partial charge in [0, 0.05) is 35.1 Å². The van der Waals surface area contributed by atoms with E-state index in [1.165, 1.54) is 21.3 Å². The van der Waals surface area contributed by atoms with Crippen molar-refractivity contribution in [3.05, 3.63) is 57.3 Å². The molecule has 21 heavy (non-hydrogen) atoms. The summed E-state index contributed by atoms with van der Waals surface area (Å²) in [7, 11) is 1.60. The second-order valence-corrected chi connectivity index (χ2v) is 5.70. The van der Waals surface area contributed by atoms with Crippen molar-refractivity contribution in [2.24, 2.45) is 7.05 Å². The van der Waals surface area contributed by atoms with Crippen LogP contribution in [0, 0.1) is 5.82 Å². The number of aryl methyl sites for hydroxylation is 1. The lowest BCUT2D eigenvalue weighted by Crippen LogP contribution is -2.22. The summed E-state index contributed by atoms with van der Waals surface area (Å²) in [6.45, 7) is 0.0300. The predicted octanol–water partition coefficient (Wildman–Crippen LogP) is 2.29. The van der Waals surface area contributed by atoms with Crippen LogP contribution in [0.2, 0.25) is 0 Å². The molecule has 1 aromatic carbocycles. The SMILES string of the molecule is Cn1ccn(Cc2c(C(=O)O)sc3cccc(F)c23)c1=O. The molecule has 7 heteroatoms. The van der Waals surface area contributed by atoms with E-state index in [2.05, 4.69) is 0 Å². The molecule has 2 aromatic heterocycles. The van der Waals surface area contributed by atoms with E-state index >= 15 is 0 Å². The minimum absolute atomic E-state index is 0.0300. The third-order valence-corrected chi connectivity index (χ3v) is 4.49. The maximum Gasteiger partial charge on any atom is 0.346 e. The van der Waals surface area contributed by atoms with Crippen molar-refractivity contribution >= 4 is 27.4 Å². The number of hydrogen-bond acceptors (Lipinski definition) is 3. The summed E-state index contributed by atoms with van der Waals surface area (Å²) in [5.74, 6) is -1.59. The van der Waals surface area contributed by atoms with Crippen LogP contribution in [0.15, 0.2) is 35.4 Å². The number of carboxylic acid groups (broad SMARTS) is 1. The number of halogens is 1. The lowest BCUT2D eigenvalue weighted by molar-refractivity contribution is 0.0701. The van der Waals surface area contributed by atoms with Crippen LogP contribution in [0.25, 0.3) is 10.1 Å². The molecule has 0 aliphatic carbocycles. The van der Waals surface area contributed by atoms with Crippen LogP contribution < -0.4 is 5.69 Å². The lowest BCUT2D eigenvalue weighted by atomic mass is 10.1. The number of nitrogens with zero attached hydrogens (tertiary/aromatic N) is 2. The Morgan fingerprint density at radius 1 is 1.38 bits per heavy atom. The minimum Gasteiger partial charge on any atom is -0.477 e. The van der Waals surface area contributed by atoms with Crippen molar-refractivity contribution in [3.8, 4) is 0 Å². The van der Waals surface area contributed by atoms with E-state index in [4.69, 9.17) is 0 Å². The Bertz CT molecular complexity index is 907. The Labute approximate surface area is 122 Å². The van der Waals surface area contributed by atoms with E-state index < -0.39 is 11.8 Å². The van der Waals surface area contributed by atoms with Gasteiger partial charge in [0.15, 0.2) is 0 Å². The van der Waals surface area contributed by atoms with Gasteiger partial charge in [-0.05, 0) is 12.1 Å². The number of thiophene rings is 1. The third kappa shape index (κ3) is 2.15. The Kier molecular flexibility index (Phi) is 3.13. The largest absolute Gasteiger partial charge is 0.477 e. The van der Waals surface area contributed by atoms with Crippen LogP contribution in [0.1, 0.15) is 15.2 Å². The molecule has 2 heterocycles. The highest BCUT2D eigenvalue weighted by Crippen LogP contribution is 2.33. The number of hydrogen-bond donors (Lipinski definition) is 1. The molecule has 0 unspecified atom stereocenters. The number of imidazole rings is 1. The van der Waals surface area contributed by atoms with Crippen LogP contribution in [-0.4, -0.2) is 20.2 Å². The Morgan fingerprint density at radius 3 is 2.76 bits per heavy atom. The molecule has 0 saturated carbocycles. The lowest BCUT2D eigenvalue weighted by Gasteiger charge is -2.03. The highest BCUT2D eigenvalue weighted by atomic mass is 32.1. The molecular weight excluding hydrogens is 295 g/mol. The summed E-state index contributed by atoms with van der Waals surface area (Å²) in [6, 6.07) is 4.50. The van der Waals surface area contributed by atoms with Crippen LogP contribution >= 0.6 is 11.3 Å². The Hall–Kier alpha value is -2.41. The fourth-order valence-electron chi connectivity index (χ4n) is 2.29. The number of fused-ring (bicyclic) bond motifs is 1. The molecule has 0 radical (unpaired) electrons. The summed E-state index contributed by atoms with van der Waals surface area (Å²) in [4.78, 5) is 23.3. The molecule has 0 spiro atoms. The van der Waals surface area contributed by atoms with Crippen LogP contribution in [-0.2, 0) is 13.6 Å². The summed E-state index contributed by atoms with van der Waals surface area (Å²) >= 11 is 1.02. The first kappa shape index (κ1) is 13.6. The van der Waals surface area contributed by atoms with Gasteiger partial charge in [0.25, 0.3) is 0 Å². The number of carbonyl (C=O) groups is 1. The molecule has 0 atom stereocenters. The quantitative estimate of drug-likeness (QED) is 0.807. The zero-order valence-electron chi connectivity index (χ0n) is 11.0. The highest BCUT2D eigenvalue weighted by molar-refractivity contribution is 7.21. The summed E-state index contributed by atoms with van der Waals surface area (Å²) in [5.41, 5.74) is 0.0518. The standard InChI is InChI=1S/C14H11FN2O3S/c1-16-5-6-17(14(16)20)7-8-11-9(15)3-2-4-10(11)21-12(8)13(18)19/h2-6H,7H2,1H3,(H,18,19). The van der Waals surface area contributed by atoms with E-state index in [0.717, 1.165) is 11.3 Å². The molecule has 0 aliphatic heterocycles. The van der Waals surface area contributed by atoms with Gasteiger partial charge in [0.2, 0.25) is 0 Å². The fraction of sp³-hybridized carbons (Fsp3) is 0.143. The fourth-order valence-corrected chi connectivity index (χ4v) is 3.36. The van der Waals surface area contributed by atoms with Gasteiger partial charge in [0.05, 0.1) is 6.54 Å². The molecule has 0 saturated heterocycles. The molecule has 3 rings (SSSR count). The Morgan fingerprint density at radius 2 is 2.14 bits per heavy atom. The molecule has 1 N–H and O–H groups in total. The smallest absolute Gasteiger partial charge is 0.346 e. The summed E-state index contributed by atoms with van der Waals surface area (Å²) in [6.07, 6.45) is 3.13. The highest BCUT2D eigenvalue weighted by Gasteiger charge is 2.21. The molecule has 5 nitrogen and oxygen atoms in total. The molecule has 3 aromatic rings. The van der Waals surface area contributed by atoms with Gasteiger partial charge in [-0.1, -0.05) is 6.07 Å². The van der Waals surface area contributed by atoms with Crippen molar-refractivity contribution in [2.75, 3.05) is 0 Å². The Balaban J connectivity index is 2.24. The van der Waals surface area contributed by atoms with Crippen LogP contribution in [0.5, 0.6) is 0 Å². The van der Waals surface area contributed by atoms with Crippen molar-refractivity contribution in [2.45, 2.75) is 6.54 Å². The van der Waals surface area contributed by atoms with Gasteiger partial charge in [-0.3, -0.25) is 4.57 Å². The number of benzene rings is 1. The first-order valence-electron chi connectivity index (χ1n) is 6.14. The van der Waals surface area contributed by atoms with E-state index in [0.29, 0.717) is 10.3 Å². The topological polar surface area (TPSA) is 64.2 Å². The molecule has 0 amide bonds. The molecule has 108 valence electrons. The minimum atomic E-state index is -1.12. The van der Waals surface area contributed by atoms with Gasteiger partial charge < -0.3 is 9.67 Å². The second kappa shape index (κ2) is 4.85. The zero-order chi connectivity index (χ0) is 15.1. The van der Waals surface area contributed by atoms with Gasteiger partial charge >= 0.3 is 11.7 Å². The first-order valence-corrected chi connectivity index (χ1v) is 6.95. The number of aromatic carboxylic acids is 1. The average Bonchev–Trinajstić information content (AvgIpc) is 2.96. The van der Waals surface area contributed by atoms with Crippen molar-refractivity contribution in [1.29, 1.82) is 0 Å². The first-order chi connectivity index (χ1) is 9.99. The number of rotatable bonds is 3. The van der Waals surface area contributed by atoms with E-state index in [1.54, 1.807) is 25.5 Å². The normalized spacial score (nSPS) is 11.1. The molecule has 0 bridgehead atoms. The van der Waals surface area contributed by atoms with Gasteiger partial charge in [-0.15, -0.1) is 11.3 Å². The van der Waals surface area contributed by atoms with Gasteiger partial charge in [-0.2, -0.15) is 0 Å². The maximum atomic E-state index is 14.1. The van der Waals surface area contributed by atoms with E-state index in [9.17, 15) is 19.1 Å². The molecule has 0 fully saturated rings. The summed E-state index contributed by atoms with van der Waals surface area (Å²) in [5, 5.41) is 9.58. The monoisotopic (exact) mass is 306 g/mol. The predicted molar refractivity (Wildman–Crippen MR) is 77.5 cm³/mol. The van der Waals surface area contributed by atoms with E-state index in [1.807, 2.05) is 0 Å². The zero-order valence-corrected chi connectivity index (χ0v) is 11.9. The molecular formula is C14H11FN2O3S. The molecule has 0 aliphatic rings. The summed E-state index contributed by atoms with van der Waals surface area (Å²) < 4.78 is 17.4. The van der Waals surface area contributed by atoms with Crippen molar-refractivity contribution in [1.82, 2.24) is 9.13 Å². The van der Waals surface area contributed by atoms with Gasteiger partial charge in [0.1, 0.15) is 10.7 Å². The third-order valence-electron chi connectivity index (χ3n) is 3.30. The van der Waals surface area contributed by atoms with Crippen molar-refractivity contribution in [3.63, 3.8) is 0 Å². The number of carboxylic acids is 1. The van der Waals surface area contributed by atoms with Gasteiger partial charge in [-0.25, -0.2) is 14.0 Å². The average molecular weight is 306 g/mol. The van der Waals surface area contributed by atoms with Crippen LogP contribution in [0.3, 0.4) is 0 Å². The van der Waals surface area contributed by atoms with E-state index in [-0.39, 0.29) is 22.5 Å². The number of aromatic nitrogens is 2. The maximum absolute atomic E-state index is 14.1. The van der Waals surface area contributed by atoms with Crippen molar-refractivity contribution < 1.29 is 14.3 Å². The van der Waals surface area contributed by atoms with Crippen LogP contribution in [0.4, 0.5) is 4.39 Å².